The molecule has 142 valence electrons. The fourth-order valence-electron chi connectivity index (χ4n) is 3.37. The number of hydrogen-bond acceptors (Lipinski definition) is 5. The van der Waals surface area contributed by atoms with E-state index in [1.54, 1.807) is 36.4 Å². The number of halogens is 3. The maximum absolute atomic E-state index is 13.9. The van der Waals surface area contributed by atoms with Crippen LogP contribution in [0.15, 0.2) is 47.5 Å². The van der Waals surface area contributed by atoms with Gasteiger partial charge in [-0.15, -0.1) is 0 Å². The van der Waals surface area contributed by atoms with Gasteiger partial charge in [-0.1, -0.05) is 53.2 Å². The van der Waals surface area contributed by atoms with Gasteiger partial charge in [0.1, 0.15) is 5.82 Å². The van der Waals surface area contributed by atoms with Crippen molar-refractivity contribution in [3.05, 3.63) is 63.9 Å². The molecule has 2 aliphatic rings. The lowest BCUT2D eigenvalue weighted by Crippen LogP contribution is -2.39. The van der Waals surface area contributed by atoms with Gasteiger partial charge in [0.05, 0.1) is 23.6 Å². The van der Waals surface area contributed by atoms with Crippen molar-refractivity contribution in [3.8, 4) is 0 Å². The number of sulfone groups is 1. The average Bonchev–Trinajstić information content (AvgIpc) is 3.04. The first-order valence-corrected chi connectivity index (χ1v) is 11.8. The van der Waals surface area contributed by atoms with Crippen molar-refractivity contribution in [1.29, 1.82) is 0 Å². The number of fused-ring (bicyclic) bond motifs is 1. The summed E-state index contributed by atoms with van der Waals surface area (Å²) in [6.07, 6.45) is 0. The molecule has 0 bridgehead atoms. The Kier molecular flexibility index (Phi) is 5.14. The van der Waals surface area contributed by atoms with Crippen LogP contribution >= 0.6 is 35.0 Å². The number of amidine groups is 1. The smallest absolute Gasteiger partial charge is 0.164 e. The van der Waals surface area contributed by atoms with Crippen LogP contribution in [0, 0.1) is 5.82 Å². The highest BCUT2D eigenvalue weighted by atomic mass is 35.5. The monoisotopic (exact) mass is 444 g/mol. The number of aliphatic imine (C=N–C) groups is 1. The summed E-state index contributed by atoms with van der Waals surface area (Å²) in [5.74, 6) is 0.160. The van der Waals surface area contributed by atoms with Gasteiger partial charge in [-0.3, -0.25) is 4.99 Å². The molecule has 2 aromatic rings. The first-order valence-electron chi connectivity index (χ1n) is 8.22. The lowest BCUT2D eigenvalue weighted by molar-refractivity contribution is 0.601. The fourth-order valence-corrected chi connectivity index (χ4v) is 6.84. The first-order chi connectivity index (χ1) is 12.8. The summed E-state index contributed by atoms with van der Waals surface area (Å²) < 4.78 is 38.1. The minimum Gasteiger partial charge on any atom is -0.315 e. The minimum absolute atomic E-state index is 0.0201. The van der Waals surface area contributed by atoms with Crippen LogP contribution in [0.1, 0.15) is 5.56 Å². The van der Waals surface area contributed by atoms with Crippen molar-refractivity contribution in [3.63, 3.8) is 0 Å². The molecular formula is C18H15Cl2FN2O2S2. The Morgan fingerprint density at radius 2 is 1.85 bits per heavy atom. The molecule has 0 unspecified atom stereocenters. The van der Waals surface area contributed by atoms with E-state index in [9.17, 15) is 12.8 Å². The predicted molar refractivity (Wildman–Crippen MR) is 110 cm³/mol. The zero-order chi connectivity index (χ0) is 19.2. The molecule has 2 aliphatic heterocycles. The third-order valence-corrected chi connectivity index (χ3v) is 7.70. The number of anilines is 1. The van der Waals surface area contributed by atoms with E-state index in [1.165, 1.54) is 17.8 Å². The van der Waals surface area contributed by atoms with Crippen LogP contribution in [0.4, 0.5) is 10.1 Å². The van der Waals surface area contributed by atoms with Crippen LogP contribution in [-0.4, -0.2) is 37.2 Å². The number of rotatable bonds is 3. The maximum Gasteiger partial charge on any atom is 0.164 e. The molecule has 4 nitrogen and oxygen atoms in total. The Morgan fingerprint density at radius 1 is 1.15 bits per heavy atom. The Hall–Kier alpha value is -1.28. The molecular weight excluding hydrogens is 430 g/mol. The Labute approximate surface area is 171 Å². The molecule has 0 saturated carbocycles. The number of benzene rings is 2. The van der Waals surface area contributed by atoms with E-state index < -0.39 is 9.84 Å². The molecule has 2 heterocycles. The number of nitrogens with zero attached hydrogens (tertiary/aromatic N) is 2. The molecule has 2 atom stereocenters. The van der Waals surface area contributed by atoms with Gasteiger partial charge in [-0.25, -0.2) is 12.8 Å². The lowest BCUT2D eigenvalue weighted by atomic mass is 10.1. The average molecular weight is 445 g/mol. The second-order valence-corrected chi connectivity index (χ2v) is 10.5. The van der Waals surface area contributed by atoms with Gasteiger partial charge < -0.3 is 4.90 Å². The normalized spacial score (nSPS) is 23.4. The van der Waals surface area contributed by atoms with Crippen LogP contribution in [0.3, 0.4) is 0 Å². The van der Waals surface area contributed by atoms with Gasteiger partial charge in [0, 0.05) is 21.5 Å². The van der Waals surface area contributed by atoms with Crippen molar-refractivity contribution in [2.75, 3.05) is 16.4 Å². The molecule has 27 heavy (non-hydrogen) atoms. The summed E-state index contributed by atoms with van der Waals surface area (Å²) in [5, 5.41) is 1.57. The van der Waals surface area contributed by atoms with E-state index in [1.807, 2.05) is 4.90 Å². The highest BCUT2D eigenvalue weighted by molar-refractivity contribution is 8.13. The molecule has 0 N–H and O–H groups in total. The van der Waals surface area contributed by atoms with E-state index in [0.717, 1.165) is 0 Å². The van der Waals surface area contributed by atoms with E-state index in [-0.39, 0.29) is 29.4 Å². The lowest BCUT2D eigenvalue weighted by Gasteiger charge is -2.27. The molecule has 0 aliphatic carbocycles. The minimum atomic E-state index is -3.15. The molecule has 1 fully saturated rings. The molecule has 0 spiro atoms. The molecule has 0 radical (unpaired) electrons. The Morgan fingerprint density at radius 3 is 2.56 bits per heavy atom. The topological polar surface area (TPSA) is 49.7 Å². The van der Waals surface area contributed by atoms with Crippen LogP contribution in [-0.2, 0) is 15.6 Å². The van der Waals surface area contributed by atoms with Gasteiger partial charge in [-0.2, -0.15) is 0 Å². The third-order valence-electron chi connectivity index (χ3n) is 4.55. The highest BCUT2D eigenvalue weighted by Gasteiger charge is 2.47. The van der Waals surface area contributed by atoms with Crippen molar-refractivity contribution < 1.29 is 12.8 Å². The predicted octanol–water partition coefficient (Wildman–Crippen LogP) is 4.41. The van der Waals surface area contributed by atoms with Crippen molar-refractivity contribution in [2.24, 2.45) is 4.99 Å². The van der Waals surface area contributed by atoms with Crippen LogP contribution < -0.4 is 4.90 Å². The summed E-state index contributed by atoms with van der Waals surface area (Å²) >= 11 is 13.7. The molecule has 4 rings (SSSR count). The third kappa shape index (κ3) is 3.97. The standard InChI is InChI=1S/C18H15Cl2FN2O2S2/c19-12-5-13(20)7-14(6-12)23-17-10-27(24,25)9-16(17)22-18(23)26-8-11-3-1-2-4-15(11)21/h1-7,16-17H,8-10H2/t16-,17+/m0/s1. The van der Waals surface area contributed by atoms with Crippen molar-refractivity contribution in [1.82, 2.24) is 0 Å². The van der Waals surface area contributed by atoms with Gasteiger partial charge in [0.2, 0.25) is 0 Å². The summed E-state index contributed by atoms with van der Waals surface area (Å²) in [6.45, 7) is 0. The molecule has 0 amide bonds. The molecule has 2 aromatic carbocycles. The first kappa shape index (κ1) is 19.1. The Balaban J connectivity index is 1.66. The molecule has 1 saturated heterocycles. The van der Waals surface area contributed by atoms with E-state index in [2.05, 4.69) is 4.99 Å². The van der Waals surface area contributed by atoms with E-state index in [4.69, 9.17) is 23.2 Å². The van der Waals surface area contributed by atoms with Gasteiger partial charge in [-0.05, 0) is 29.8 Å². The summed E-state index contributed by atoms with van der Waals surface area (Å²) in [4.78, 5) is 6.50. The van der Waals surface area contributed by atoms with Crippen LogP contribution in [0.2, 0.25) is 10.0 Å². The van der Waals surface area contributed by atoms with Gasteiger partial charge in [0.25, 0.3) is 0 Å². The summed E-state index contributed by atoms with van der Waals surface area (Å²) in [5.41, 5.74) is 1.26. The van der Waals surface area contributed by atoms with Gasteiger partial charge >= 0.3 is 0 Å². The summed E-state index contributed by atoms with van der Waals surface area (Å²) in [7, 11) is -3.15. The SMILES string of the molecule is O=S1(=O)C[C@@H]2N=C(SCc3ccccc3F)N(c3cc(Cl)cc(Cl)c3)[C@@H]2C1. The van der Waals surface area contributed by atoms with Crippen LogP contribution in [0.25, 0.3) is 0 Å². The fraction of sp³-hybridized carbons (Fsp3) is 0.278. The molecule has 0 aromatic heterocycles. The van der Waals surface area contributed by atoms with Crippen LogP contribution in [0.5, 0.6) is 0 Å². The van der Waals surface area contributed by atoms with E-state index in [0.29, 0.717) is 32.2 Å². The Bertz CT molecular complexity index is 1010. The zero-order valence-electron chi connectivity index (χ0n) is 14.0. The number of hydrogen-bond donors (Lipinski definition) is 0. The van der Waals surface area contributed by atoms with Crippen molar-refractivity contribution >= 4 is 55.7 Å². The summed E-state index contributed by atoms with van der Waals surface area (Å²) in [6, 6.07) is 11.0. The second kappa shape index (κ2) is 7.28. The largest absolute Gasteiger partial charge is 0.315 e. The maximum atomic E-state index is 13.9. The van der Waals surface area contributed by atoms with Crippen molar-refractivity contribution in [2.45, 2.75) is 17.8 Å². The molecule has 9 heteroatoms. The highest BCUT2D eigenvalue weighted by Crippen LogP contribution is 2.38. The van der Waals surface area contributed by atoms with Gasteiger partial charge in [0.15, 0.2) is 15.0 Å². The second-order valence-electron chi connectivity index (χ2n) is 6.50. The quantitative estimate of drug-likeness (QED) is 0.703. The van der Waals surface area contributed by atoms with E-state index >= 15 is 0 Å². The zero-order valence-corrected chi connectivity index (χ0v) is 17.1. The number of thioether (sulfide) groups is 1.